The second-order valence-electron chi connectivity index (χ2n) is 4.08. The van der Waals surface area contributed by atoms with Crippen LogP contribution in [0.4, 0.5) is 0 Å². The minimum absolute atomic E-state index is 0.0988. The summed E-state index contributed by atoms with van der Waals surface area (Å²) in [5, 5.41) is 8.47. The number of hydrogen-bond acceptors (Lipinski definition) is 5. The SMILES string of the molecule is COCCNCCNC(=O)CCNC(=O)c1ccco1. The predicted molar refractivity (Wildman–Crippen MR) is 73.4 cm³/mol. The predicted octanol–water partition coefficient (Wildman–Crippen LogP) is -0.248. The second-order valence-corrected chi connectivity index (χ2v) is 4.08. The van der Waals surface area contributed by atoms with Crippen LogP contribution in [0.5, 0.6) is 0 Å². The Bertz CT molecular complexity index is 392. The number of furan rings is 1. The van der Waals surface area contributed by atoms with Crippen molar-refractivity contribution in [3.05, 3.63) is 24.2 Å². The summed E-state index contributed by atoms with van der Waals surface area (Å²) in [5.41, 5.74) is 0. The number of ether oxygens (including phenoxy) is 1. The largest absolute Gasteiger partial charge is 0.459 e. The van der Waals surface area contributed by atoms with Gasteiger partial charge < -0.3 is 25.1 Å². The summed E-state index contributed by atoms with van der Waals surface area (Å²) in [4.78, 5) is 23.0. The molecule has 0 fully saturated rings. The normalized spacial score (nSPS) is 10.2. The number of methoxy groups -OCH3 is 1. The fourth-order valence-corrected chi connectivity index (χ4v) is 1.46. The lowest BCUT2D eigenvalue weighted by Crippen LogP contribution is -2.35. The minimum atomic E-state index is -0.316. The van der Waals surface area contributed by atoms with E-state index in [9.17, 15) is 9.59 Å². The average molecular weight is 283 g/mol. The van der Waals surface area contributed by atoms with E-state index in [-0.39, 0.29) is 30.5 Å². The third-order valence-corrected chi connectivity index (χ3v) is 2.49. The van der Waals surface area contributed by atoms with Crippen molar-refractivity contribution in [3.63, 3.8) is 0 Å². The van der Waals surface area contributed by atoms with Gasteiger partial charge in [-0.2, -0.15) is 0 Å². The highest BCUT2D eigenvalue weighted by Gasteiger charge is 2.08. The van der Waals surface area contributed by atoms with Crippen molar-refractivity contribution in [1.82, 2.24) is 16.0 Å². The number of carbonyl (C=O) groups is 2. The molecule has 112 valence electrons. The highest BCUT2D eigenvalue weighted by molar-refractivity contribution is 5.91. The molecule has 1 aromatic rings. The van der Waals surface area contributed by atoms with Gasteiger partial charge in [0, 0.05) is 39.7 Å². The van der Waals surface area contributed by atoms with Crippen LogP contribution in [-0.4, -0.2) is 51.7 Å². The summed E-state index contributed by atoms with van der Waals surface area (Å²) in [6, 6.07) is 3.21. The molecule has 2 amide bonds. The standard InChI is InChI=1S/C13H21N3O4/c1-19-10-8-14-6-7-15-12(17)4-5-16-13(18)11-3-2-9-20-11/h2-3,9,14H,4-8,10H2,1H3,(H,15,17)(H,16,18). The van der Waals surface area contributed by atoms with Gasteiger partial charge in [-0.05, 0) is 12.1 Å². The van der Waals surface area contributed by atoms with Gasteiger partial charge in [-0.15, -0.1) is 0 Å². The summed E-state index contributed by atoms with van der Waals surface area (Å²) in [5.74, 6) is -0.171. The van der Waals surface area contributed by atoms with Crippen molar-refractivity contribution >= 4 is 11.8 Å². The van der Waals surface area contributed by atoms with E-state index in [1.807, 2.05) is 0 Å². The van der Waals surface area contributed by atoms with Crippen LogP contribution in [0, 0.1) is 0 Å². The molecular weight excluding hydrogens is 262 g/mol. The molecule has 3 N–H and O–H groups in total. The van der Waals surface area contributed by atoms with Crippen molar-refractivity contribution in [3.8, 4) is 0 Å². The Morgan fingerprint density at radius 3 is 2.75 bits per heavy atom. The first kappa shape index (κ1) is 16.2. The van der Waals surface area contributed by atoms with Gasteiger partial charge in [0.15, 0.2) is 5.76 Å². The van der Waals surface area contributed by atoms with Crippen LogP contribution >= 0.6 is 0 Å². The van der Waals surface area contributed by atoms with Gasteiger partial charge >= 0.3 is 0 Å². The molecular formula is C13H21N3O4. The number of carbonyl (C=O) groups excluding carboxylic acids is 2. The summed E-state index contributed by atoms with van der Waals surface area (Å²) in [6.45, 7) is 2.92. The molecule has 0 atom stereocenters. The fourth-order valence-electron chi connectivity index (χ4n) is 1.46. The van der Waals surface area contributed by atoms with Crippen molar-refractivity contribution in [1.29, 1.82) is 0 Å². The molecule has 0 aliphatic rings. The van der Waals surface area contributed by atoms with Gasteiger partial charge in [-0.3, -0.25) is 9.59 Å². The number of hydrogen-bond donors (Lipinski definition) is 3. The molecule has 0 unspecified atom stereocenters. The lowest BCUT2D eigenvalue weighted by atomic mass is 10.3. The molecule has 0 radical (unpaired) electrons. The van der Waals surface area contributed by atoms with Crippen LogP contribution in [0.2, 0.25) is 0 Å². The van der Waals surface area contributed by atoms with Gasteiger partial charge in [0.25, 0.3) is 5.91 Å². The maximum absolute atomic E-state index is 11.5. The number of nitrogens with one attached hydrogen (secondary N) is 3. The number of amides is 2. The second kappa shape index (κ2) is 9.99. The highest BCUT2D eigenvalue weighted by atomic mass is 16.5. The fraction of sp³-hybridized carbons (Fsp3) is 0.538. The molecule has 20 heavy (non-hydrogen) atoms. The van der Waals surface area contributed by atoms with E-state index in [1.54, 1.807) is 19.2 Å². The van der Waals surface area contributed by atoms with E-state index >= 15 is 0 Å². The molecule has 7 heteroatoms. The quantitative estimate of drug-likeness (QED) is 0.515. The maximum Gasteiger partial charge on any atom is 0.286 e. The molecule has 0 saturated heterocycles. The molecule has 0 spiro atoms. The van der Waals surface area contributed by atoms with Crippen molar-refractivity contribution < 1.29 is 18.7 Å². The molecule has 1 aromatic heterocycles. The van der Waals surface area contributed by atoms with Crippen molar-refractivity contribution in [2.24, 2.45) is 0 Å². The first-order chi connectivity index (χ1) is 9.74. The van der Waals surface area contributed by atoms with Crippen LogP contribution in [0.25, 0.3) is 0 Å². The Morgan fingerprint density at radius 1 is 1.20 bits per heavy atom. The summed E-state index contributed by atoms with van der Waals surface area (Å²) in [7, 11) is 1.64. The minimum Gasteiger partial charge on any atom is -0.459 e. The van der Waals surface area contributed by atoms with E-state index in [4.69, 9.17) is 9.15 Å². The van der Waals surface area contributed by atoms with E-state index < -0.39 is 0 Å². The van der Waals surface area contributed by atoms with Crippen LogP contribution in [0.15, 0.2) is 22.8 Å². The molecule has 0 aliphatic heterocycles. The van der Waals surface area contributed by atoms with E-state index in [1.165, 1.54) is 6.26 Å². The number of rotatable bonds is 10. The first-order valence-electron chi connectivity index (χ1n) is 6.52. The van der Waals surface area contributed by atoms with Gasteiger partial charge in [0.2, 0.25) is 5.91 Å². The monoisotopic (exact) mass is 283 g/mol. The van der Waals surface area contributed by atoms with Crippen LogP contribution in [0.3, 0.4) is 0 Å². The van der Waals surface area contributed by atoms with E-state index in [0.717, 1.165) is 6.54 Å². The van der Waals surface area contributed by atoms with Crippen LogP contribution in [0.1, 0.15) is 17.0 Å². The molecule has 1 rings (SSSR count). The summed E-state index contributed by atoms with van der Waals surface area (Å²) >= 11 is 0. The summed E-state index contributed by atoms with van der Waals surface area (Å²) < 4.78 is 9.81. The smallest absolute Gasteiger partial charge is 0.286 e. The molecule has 0 aliphatic carbocycles. The third kappa shape index (κ3) is 6.91. The van der Waals surface area contributed by atoms with Crippen LogP contribution in [-0.2, 0) is 9.53 Å². The molecule has 0 bridgehead atoms. The van der Waals surface area contributed by atoms with Crippen molar-refractivity contribution in [2.75, 3.05) is 39.9 Å². The maximum atomic E-state index is 11.5. The Balaban J connectivity index is 1.99. The van der Waals surface area contributed by atoms with Gasteiger partial charge in [-0.25, -0.2) is 0 Å². The highest BCUT2D eigenvalue weighted by Crippen LogP contribution is 1.98. The molecule has 7 nitrogen and oxygen atoms in total. The Hall–Kier alpha value is -1.86. The molecule has 0 aromatic carbocycles. The van der Waals surface area contributed by atoms with E-state index in [0.29, 0.717) is 19.7 Å². The average Bonchev–Trinajstić information content (AvgIpc) is 2.96. The van der Waals surface area contributed by atoms with E-state index in [2.05, 4.69) is 16.0 Å². The van der Waals surface area contributed by atoms with Gasteiger partial charge in [0.1, 0.15) is 0 Å². The lowest BCUT2D eigenvalue weighted by molar-refractivity contribution is -0.120. The van der Waals surface area contributed by atoms with Gasteiger partial charge in [-0.1, -0.05) is 0 Å². The van der Waals surface area contributed by atoms with Crippen LogP contribution < -0.4 is 16.0 Å². The topological polar surface area (TPSA) is 92.6 Å². The lowest BCUT2D eigenvalue weighted by Gasteiger charge is -2.07. The van der Waals surface area contributed by atoms with Crippen molar-refractivity contribution in [2.45, 2.75) is 6.42 Å². The molecule has 1 heterocycles. The zero-order valence-corrected chi connectivity index (χ0v) is 11.6. The third-order valence-electron chi connectivity index (χ3n) is 2.49. The Kier molecular flexibility index (Phi) is 8.09. The zero-order chi connectivity index (χ0) is 14.6. The summed E-state index contributed by atoms with van der Waals surface area (Å²) in [6.07, 6.45) is 1.67. The Morgan fingerprint density at radius 2 is 2.05 bits per heavy atom. The van der Waals surface area contributed by atoms with Gasteiger partial charge in [0.05, 0.1) is 12.9 Å². The molecule has 0 saturated carbocycles. The Labute approximate surface area is 118 Å². The zero-order valence-electron chi connectivity index (χ0n) is 11.6. The first-order valence-corrected chi connectivity index (χ1v) is 6.52.